The number of nitrogens with zero attached hydrogens (tertiary/aromatic N) is 1. The molecule has 2 heterocycles. The molecule has 0 saturated carbocycles. The van der Waals surface area contributed by atoms with E-state index in [0.717, 1.165) is 35.5 Å². The van der Waals surface area contributed by atoms with Crippen molar-refractivity contribution in [2.75, 3.05) is 24.7 Å². The average molecular weight is 331 g/mol. The quantitative estimate of drug-likeness (QED) is 0.905. The molecule has 1 fully saturated rings. The Balaban J connectivity index is 0.00000161. The van der Waals surface area contributed by atoms with Crippen molar-refractivity contribution >= 4 is 35.6 Å². The van der Waals surface area contributed by atoms with Gasteiger partial charge in [0.15, 0.2) is 0 Å². The maximum atomic E-state index is 12.6. The van der Waals surface area contributed by atoms with Gasteiger partial charge in [0.2, 0.25) is 5.91 Å². The Morgan fingerprint density at radius 3 is 2.81 bits per heavy atom. The summed E-state index contributed by atoms with van der Waals surface area (Å²) in [6.07, 6.45) is 2.54. The van der Waals surface area contributed by atoms with Crippen LogP contribution in [-0.4, -0.2) is 31.7 Å². The van der Waals surface area contributed by atoms with Gasteiger partial charge < -0.3 is 15.4 Å². The highest BCUT2D eigenvalue weighted by atomic mass is 35.5. The number of hydrogen-bond donors (Lipinski definition) is 1. The van der Waals surface area contributed by atoms with Crippen LogP contribution in [0.3, 0.4) is 0 Å². The van der Waals surface area contributed by atoms with Gasteiger partial charge in [-0.2, -0.15) is 0 Å². The van der Waals surface area contributed by atoms with Gasteiger partial charge in [-0.3, -0.25) is 4.79 Å². The van der Waals surface area contributed by atoms with Crippen LogP contribution in [0.2, 0.25) is 5.02 Å². The van der Waals surface area contributed by atoms with E-state index in [9.17, 15) is 4.79 Å². The van der Waals surface area contributed by atoms with Crippen molar-refractivity contribution in [2.24, 2.45) is 11.7 Å². The Morgan fingerprint density at radius 1 is 1.38 bits per heavy atom. The van der Waals surface area contributed by atoms with Gasteiger partial charge in [-0.15, -0.1) is 12.4 Å². The van der Waals surface area contributed by atoms with Crippen LogP contribution in [0.15, 0.2) is 18.2 Å². The van der Waals surface area contributed by atoms with Crippen LogP contribution >= 0.6 is 24.0 Å². The van der Waals surface area contributed by atoms with Crippen molar-refractivity contribution in [3.05, 3.63) is 28.8 Å². The summed E-state index contributed by atoms with van der Waals surface area (Å²) < 4.78 is 5.33. The van der Waals surface area contributed by atoms with Crippen molar-refractivity contribution in [2.45, 2.75) is 25.3 Å². The summed E-state index contributed by atoms with van der Waals surface area (Å²) >= 11 is 6.18. The van der Waals surface area contributed by atoms with Crippen molar-refractivity contribution in [3.8, 4) is 0 Å². The van der Waals surface area contributed by atoms with Gasteiger partial charge in [0.1, 0.15) is 0 Å². The molecule has 21 heavy (non-hydrogen) atoms. The number of rotatable bonds is 2. The molecule has 1 amide bonds. The molecule has 3 rings (SSSR count). The molecule has 6 heteroatoms. The molecular weight excluding hydrogens is 311 g/mol. The lowest BCUT2D eigenvalue weighted by molar-refractivity contribution is -0.121. The van der Waals surface area contributed by atoms with Gasteiger partial charge in [0.25, 0.3) is 0 Å². The molecule has 1 saturated heterocycles. The number of benzene rings is 1. The second kappa shape index (κ2) is 6.97. The second-order valence-corrected chi connectivity index (χ2v) is 5.86. The van der Waals surface area contributed by atoms with Crippen LogP contribution in [0.1, 0.15) is 18.4 Å². The van der Waals surface area contributed by atoms with Gasteiger partial charge in [0, 0.05) is 30.5 Å². The highest BCUT2D eigenvalue weighted by Crippen LogP contribution is 2.34. The number of hydrogen-bond acceptors (Lipinski definition) is 3. The highest BCUT2D eigenvalue weighted by Gasteiger charge is 2.33. The highest BCUT2D eigenvalue weighted by molar-refractivity contribution is 6.32. The summed E-state index contributed by atoms with van der Waals surface area (Å²) in [5.74, 6) is 0.234. The Kier molecular flexibility index (Phi) is 5.49. The zero-order valence-corrected chi connectivity index (χ0v) is 13.3. The Morgan fingerprint density at radius 2 is 2.10 bits per heavy atom. The molecule has 0 bridgehead atoms. The van der Waals surface area contributed by atoms with Crippen LogP contribution in [0.4, 0.5) is 5.69 Å². The molecule has 0 aromatic heterocycles. The molecule has 0 aliphatic carbocycles. The maximum absolute atomic E-state index is 12.6. The summed E-state index contributed by atoms with van der Waals surface area (Å²) in [5, 5.41) is 0.734. The lowest BCUT2D eigenvalue weighted by Crippen LogP contribution is -2.48. The standard InChI is InChI=1S/C15H19ClN2O2.ClH/c16-12-2-1-3-13-11(12)4-7-18(13)15(19)14(17)10-5-8-20-9-6-10;/h1-3,10,14H,4-9,17H2;1H. The topological polar surface area (TPSA) is 55.6 Å². The van der Waals surface area contributed by atoms with Gasteiger partial charge >= 0.3 is 0 Å². The molecule has 1 unspecified atom stereocenters. The number of anilines is 1. The van der Waals surface area contributed by atoms with Crippen LogP contribution < -0.4 is 10.6 Å². The average Bonchev–Trinajstić information content (AvgIpc) is 2.92. The SMILES string of the molecule is Cl.NC(C(=O)N1CCc2c(Cl)cccc21)C1CCOCC1. The summed E-state index contributed by atoms with van der Waals surface area (Å²) in [6.45, 7) is 2.08. The molecule has 4 nitrogen and oxygen atoms in total. The van der Waals surface area contributed by atoms with E-state index in [1.165, 1.54) is 0 Å². The minimum absolute atomic E-state index is 0. The van der Waals surface area contributed by atoms with Crippen LogP contribution in [0, 0.1) is 5.92 Å². The Hall–Kier alpha value is -0.810. The fourth-order valence-corrected chi connectivity index (χ4v) is 3.34. The number of carbonyl (C=O) groups is 1. The summed E-state index contributed by atoms with van der Waals surface area (Å²) in [5.41, 5.74) is 8.17. The Labute approximate surface area is 136 Å². The second-order valence-electron chi connectivity index (χ2n) is 5.45. The van der Waals surface area contributed by atoms with E-state index in [-0.39, 0.29) is 24.2 Å². The van der Waals surface area contributed by atoms with E-state index in [4.69, 9.17) is 22.1 Å². The first-order valence-electron chi connectivity index (χ1n) is 7.10. The van der Waals surface area contributed by atoms with E-state index in [1.807, 2.05) is 18.2 Å². The first-order valence-corrected chi connectivity index (χ1v) is 7.48. The molecule has 2 aliphatic heterocycles. The minimum Gasteiger partial charge on any atom is -0.381 e. The van der Waals surface area contributed by atoms with E-state index in [0.29, 0.717) is 19.8 Å². The number of amides is 1. The minimum atomic E-state index is -0.441. The van der Waals surface area contributed by atoms with Crippen molar-refractivity contribution < 1.29 is 9.53 Å². The number of halogens is 2. The van der Waals surface area contributed by atoms with E-state index in [2.05, 4.69) is 0 Å². The Bertz CT molecular complexity index is 518. The monoisotopic (exact) mass is 330 g/mol. The molecule has 2 N–H and O–H groups in total. The predicted octanol–water partition coefficient (Wildman–Crippen LogP) is 2.40. The van der Waals surface area contributed by atoms with Crippen LogP contribution in [0.5, 0.6) is 0 Å². The first-order chi connectivity index (χ1) is 9.68. The van der Waals surface area contributed by atoms with Crippen LogP contribution in [0.25, 0.3) is 0 Å². The first kappa shape index (κ1) is 16.6. The largest absolute Gasteiger partial charge is 0.381 e. The fourth-order valence-electron chi connectivity index (χ4n) is 3.08. The van der Waals surface area contributed by atoms with Crippen LogP contribution in [-0.2, 0) is 16.0 Å². The molecule has 116 valence electrons. The smallest absolute Gasteiger partial charge is 0.244 e. The summed E-state index contributed by atoms with van der Waals surface area (Å²) in [4.78, 5) is 14.4. The molecule has 0 radical (unpaired) electrons. The van der Waals surface area contributed by atoms with Gasteiger partial charge in [0.05, 0.1) is 6.04 Å². The maximum Gasteiger partial charge on any atom is 0.244 e. The predicted molar refractivity (Wildman–Crippen MR) is 86.3 cm³/mol. The fraction of sp³-hybridized carbons (Fsp3) is 0.533. The molecule has 1 aromatic carbocycles. The number of nitrogens with two attached hydrogens (primary N) is 1. The third-order valence-electron chi connectivity index (χ3n) is 4.30. The molecule has 1 atom stereocenters. The molecular formula is C15H20Cl2N2O2. The van der Waals surface area contributed by atoms with Gasteiger partial charge in [-0.1, -0.05) is 17.7 Å². The lowest BCUT2D eigenvalue weighted by Gasteiger charge is -2.30. The van der Waals surface area contributed by atoms with E-state index >= 15 is 0 Å². The van der Waals surface area contributed by atoms with Crippen molar-refractivity contribution in [1.82, 2.24) is 0 Å². The van der Waals surface area contributed by atoms with Gasteiger partial charge in [-0.05, 0) is 42.9 Å². The summed E-state index contributed by atoms with van der Waals surface area (Å²) in [7, 11) is 0. The number of carbonyl (C=O) groups excluding carboxylic acids is 1. The third kappa shape index (κ3) is 3.19. The van der Waals surface area contributed by atoms with E-state index in [1.54, 1.807) is 4.90 Å². The van der Waals surface area contributed by atoms with E-state index < -0.39 is 6.04 Å². The summed E-state index contributed by atoms with van der Waals surface area (Å²) in [6, 6.07) is 5.26. The third-order valence-corrected chi connectivity index (χ3v) is 4.65. The van der Waals surface area contributed by atoms with Gasteiger partial charge in [-0.25, -0.2) is 0 Å². The number of ether oxygens (including phenoxy) is 1. The number of fused-ring (bicyclic) bond motifs is 1. The zero-order chi connectivity index (χ0) is 14.1. The molecule has 0 spiro atoms. The van der Waals surface area contributed by atoms with Crippen molar-refractivity contribution in [3.63, 3.8) is 0 Å². The van der Waals surface area contributed by atoms with Crippen molar-refractivity contribution in [1.29, 1.82) is 0 Å². The lowest BCUT2D eigenvalue weighted by atomic mass is 9.91. The normalized spacial score (nSPS) is 19.8. The molecule has 1 aromatic rings. The molecule has 2 aliphatic rings. The zero-order valence-electron chi connectivity index (χ0n) is 11.8.